The number of aryl methyl sites for hydroxylation is 1. The number of thiazole rings is 1. The lowest BCUT2D eigenvalue weighted by Crippen LogP contribution is -1.93. The Kier molecular flexibility index (Phi) is 3.47. The van der Waals surface area contributed by atoms with Gasteiger partial charge in [-0.2, -0.15) is 0 Å². The van der Waals surface area contributed by atoms with Crippen LogP contribution in [0, 0.1) is 0 Å². The Morgan fingerprint density at radius 3 is 2.75 bits per heavy atom. The van der Waals surface area contributed by atoms with E-state index in [0.29, 0.717) is 6.42 Å². The number of carbonyl (C=O) groups excluding carboxylic acids is 1. The van der Waals surface area contributed by atoms with E-state index in [-0.39, 0.29) is 5.78 Å². The third-order valence-electron chi connectivity index (χ3n) is 2.31. The van der Waals surface area contributed by atoms with Crippen molar-refractivity contribution in [2.45, 2.75) is 19.8 Å². The zero-order valence-corrected chi connectivity index (χ0v) is 9.96. The van der Waals surface area contributed by atoms with E-state index in [4.69, 9.17) is 0 Å². The summed E-state index contributed by atoms with van der Waals surface area (Å²) in [6.07, 6.45) is 1.33. The van der Waals surface area contributed by atoms with Gasteiger partial charge in [0.1, 0.15) is 10.8 Å². The summed E-state index contributed by atoms with van der Waals surface area (Å²) in [5.74, 6) is 0.217. The van der Waals surface area contributed by atoms with E-state index in [9.17, 15) is 4.79 Å². The van der Waals surface area contributed by atoms with E-state index in [1.807, 2.05) is 35.7 Å². The van der Waals surface area contributed by atoms with Gasteiger partial charge in [-0.1, -0.05) is 30.3 Å². The van der Waals surface area contributed by atoms with Crippen LogP contribution in [0.3, 0.4) is 0 Å². The first-order valence-corrected chi connectivity index (χ1v) is 6.13. The Labute approximate surface area is 99.0 Å². The predicted octanol–water partition coefficient (Wildman–Crippen LogP) is 3.33. The second-order valence-corrected chi connectivity index (χ2v) is 4.57. The lowest BCUT2D eigenvalue weighted by Gasteiger charge is -1.94. The molecule has 2 aromatic rings. The van der Waals surface area contributed by atoms with Crippen molar-refractivity contribution in [3.05, 3.63) is 41.4 Å². The van der Waals surface area contributed by atoms with Gasteiger partial charge in [0.05, 0.1) is 5.69 Å². The molecular weight excluding hydrogens is 218 g/mol. The largest absolute Gasteiger partial charge is 0.300 e. The summed E-state index contributed by atoms with van der Waals surface area (Å²) >= 11 is 1.63. The van der Waals surface area contributed by atoms with Crippen LogP contribution in [0.25, 0.3) is 10.6 Å². The van der Waals surface area contributed by atoms with Crippen molar-refractivity contribution >= 4 is 17.1 Å². The van der Waals surface area contributed by atoms with E-state index in [1.165, 1.54) is 0 Å². The average Bonchev–Trinajstić information content (AvgIpc) is 2.76. The van der Waals surface area contributed by atoms with Crippen molar-refractivity contribution in [2.24, 2.45) is 0 Å². The van der Waals surface area contributed by atoms with Gasteiger partial charge in [-0.25, -0.2) is 4.98 Å². The van der Waals surface area contributed by atoms with Gasteiger partial charge in [-0.05, 0) is 13.3 Å². The first-order valence-electron chi connectivity index (χ1n) is 5.25. The van der Waals surface area contributed by atoms with Gasteiger partial charge in [0.2, 0.25) is 0 Å². The number of hydrogen-bond donors (Lipinski definition) is 0. The molecule has 0 aliphatic heterocycles. The molecule has 3 heteroatoms. The van der Waals surface area contributed by atoms with Crippen LogP contribution in [0.4, 0.5) is 0 Å². The van der Waals surface area contributed by atoms with Crippen LogP contribution in [0.1, 0.15) is 19.0 Å². The molecule has 2 rings (SSSR count). The molecule has 0 aliphatic carbocycles. The molecule has 1 aromatic carbocycles. The Hall–Kier alpha value is -1.48. The monoisotopic (exact) mass is 231 g/mol. The minimum Gasteiger partial charge on any atom is -0.300 e. The molecule has 0 radical (unpaired) electrons. The zero-order chi connectivity index (χ0) is 11.4. The van der Waals surface area contributed by atoms with Crippen LogP contribution in [0.15, 0.2) is 35.7 Å². The highest BCUT2D eigenvalue weighted by Crippen LogP contribution is 2.23. The molecule has 0 amide bonds. The van der Waals surface area contributed by atoms with E-state index >= 15 is 0 Å². The van der Waals surface area contributed by atoms with Gasteiger partial charge >= 0.3 is 0 Å². The van der Waals surface area contributed by atoms with Crippen LogP contribution >= 0.6 is 11.3 Å². The molecule has 82 valence electrons. The lowest BCUT2D eigenvalue weighted by molar-refractivity contribution is -0.116. The fraction of sp³-hybridized carbons (Fsp3) is 0.231. The molecular formula is C13H13NOS. The number of Topliss-reactive ketones (excluding diaryl/α,β-unsaturated/α-hetero) is 1. The number of rotatable bonds is 4. The van der Waals surface area contributed by atoms with Crippen molar-refractivity contribution in [1.29, 1.82) is 0 Å². The van der Waals surface area contributed by atoms with Crippen molar-refractivity contribution in [2.75, 3.05) is 0 Å². The topological polar surface area (TPSA) is 30.0 Å². The van der Waals surface area contributed by atoms with E-state index < -0.39 is 0 Å². The van der Waals surface area contributed by atoms with Crippen LogP contribution in [0.2, 0.25) is 0 Å². The van der Waals surface area contributed by atoms with Gasteiger partial charge in [0, 0.05) is 17.4 Å². The number of hydrogen-bond acceptors (Lipinski definition) is 3. The lowest BCUT2D eigenvalue weighted by atomic mass is 10.2. The van der Waals surface area contributed by atoms with Gasteiger partial charge < -0.3 is 4.79 Å². The highest BCUT2D eigenvalue weighted by molar-refractivity contribution is 7.13. The standard InChI is InChI=1S/C13H13NOS/c1-10(15)7-8-12-9-16-13(14-12)11-5-3-2-4-6-11/h2-6,9H,7-8H2,1H3. The van der Waals surface area contributed by atoms with Crippen molar-refractivity contribution < 1.29 is 4.79 Å². The first-order chi connectivity index (χ1) is 7.75. The average molecular weight is 231 g/mol. The number of carbonyl (C=O) groups is 1. The molecule has 0 aliphatic rings. The summed E-state index contributed by atoms with van der Waals surface area (Å²) in [7, 11) is 0. The van der Waals surface area contributed by atoms with E-state index in [0.717, 1.165) is 22.7 Å². The van der Waals surface area contributed by atoms with Crippen LogP contribution in [-0.4, -0.2) is 10.8 Å². The van der Waals surface area contributed by atoms with Crippen LogP contribution in [0.5, 0.6) is 0 Å². The van der Waals surface area contributed by atoms with Gasteiger partial charge in [0.25, 0.3) is 0 Å². The summed E-state index contributed by atoms with van der Waals surface area (Å²) in [4.78, 5) is 15.4. The molecule has 0 saturated carbocycles. The molecule has 1 aromatic heterocycles. The number of nitrogens with zero attached hydrogens (tertiary/aromatic N) is 1. The van der Waals surface area contributed by atoms with Crippen molar-refractivity contribution in [3.63, 3.8) is 0 Å². The SMILES string of the molecule is CC(=O)CCc1csc(-c2ccccc2)n1. The Morgan fingerprint density at radius 1 is 1.31 bits per heavy atom. The van der Waals surface area contributed by atoms with Crippen LogP contribution < -0.4 is 0 Å². The maximum atomic E-state index is 10.9. The summed E-state index contributed by atoms with van der Waals surface area (Å²) in [6.45, 7) is 1.62. The summed E-state index contributed by atoms with van der Waals surface area (Å²) in [5, 5.41) is 3.06. The molecule has 1 heterocycles. The van der Waals surface area contributed by atoms with Crippen molar-refractivity contribution in [3.8, 4) is 10.6 Å². The smallest absolute Gasteiger partial charge is 0.130 e. The highest BCUT2D eigenvalue weighted by Gasteiger charge is 2.04. The second kappa shape index (κ2) is 5.03. The predicted molar refractivity (Wildman–Crippen MR) is 66.6 cm³/mol. The number of aromatic nitrogens is 1. The third kappa shape index (κ3) is 2.76. The molecule has 0 fully saturated rings. The zero-order valence-electron chi connectivity index (χ0n) is 9.14. The number of ketones is 1. The summed E-state index contributed by atoms with van der Waals surface area (Å²) < 4.78 is 0. The maximum absolute atomic E-state index is 10.9. The molecule has 0 unspecified atom stereocenters. The van der Waals surface area contributed by atoms with E-state index in [1.54, 1.807) is 18.3 Å². The van der Waals surface area contributed by atoms with Gasteiger partial charge in [-0.15, -0.1) is 11.3 Å². The fourth-order valence-corrected chi connectivity index (χ4v) is 2.30. The highest BCUT2D eigenvalue weighted by atomic mass is 32.1. The minimum atomic E-state index is 0.217. The number of benzene rings is 1. The molecule has 0 saturated heterocycles. The molecule has 0 N–H and O–H groups in total. The summed E-state index contributed by atoms with van der Waals surface area (Å²) in [5.41, 5.74) is 2.15. The quantitative estimate of drug-likeness (QED) is 0.807. The maximum Gasteiger partial charge on any atom is 0.130 e. The molecule has 0 spiro atoms. The molecule has 16 heavy (non-hydrogen) atoms. The van der Waals surface area contributed by atoms with Gasteiger partial charge in [-0.3, -0.25) is 0 Å². The van der Waals surface area contributed by atoms with E-state index in [2.05, 4.69) is 4.98 Å². The van der Waals surface area contributed by atoms with Crippen molar-refractivity contribution in [1.82, 2.24) is 4.98 Å². The van der Waals surface area contributed by atoms with Gasteiger partial charge in [0.15, 0.2) is 0 Å². The Balaban J connectivity index is 2.11. The van der Waals surface area contributed by atoms with Crippen LogP contribution in [-0.2, 0) is 11.2 Å². The third-order valence-corrected chi connectivity index (χ3v) is 3.25. The Bertz CT molecular complexity index is 476. The Morgan fingerprint density at radius 2 is 2.06 bits per heavy atom. The second-order valence-electron chi connectivity index (χ2n) is 3.71. The fourth-order valence-electron chi connectivity index (χ4n) is 1.44. The molecule has 2 nitrogen and oxygen atoms in total. The normalized spacial score (nSPS) is 10.3. The molecule has 0 atom stereocenters. The minimum absolute atomic E-state index is 0.217. The first kappa shape index (κ1) is 11.0. The summed E-state index contributed by atoms with van der Waals surface area (Å²) in [6, 6.07) is 10.1. The molecule has 0 bridgehead atoms.